The van der Waals surface area contributed by atoms with Crippen LogP contribution in [-0.4, -0.2) is 69.4 Å². The first-order valence-electron chi connectivity index (χ1n) is 15.2. The van der Waals surface area contributed by atoms with E-state index in [2.05, 4.69) is 43.5 Å². The molecule has 1 unspecified atom stereocenters. The molecule has 11 nitrogen and oxygen atoms in total. The van der Waals surface area contributed by atoms with Crippen LogP contribution >= 0.6 is 22.6 Å². The van der Waals surface area contributed by atoms with Crippen molar-refractivity contribution in [3.8, 4) is 11.5 Å². The molecule has 0 aliphatic carbocycles. The molecule has 0 fully saturated rings. The Balaban J connectivity index is 1.50. The van der Waals surface area contributed by atoms with Crippen LogP contribution in [0.5, 0.6) is 11.5 Å². The molecule has 47 heavy (non-hydrogen) atoms. The second-order valence-corrected chi connectivity index (χ2v) is 14.2. The number of carbonyl (C=O) groups is 2. The molecule has 1 heterocycles. The van der Waals surface area contributed by atoms with Gasteiger partial charge in [-0.05, 0) is 110 Å². The first-order valence-corrected chi connectivity index (χ1v) is 17.7. The van der Waals surface area contributed by atoms with Gasteiger partial charge in [0.1, 0.15) is 11.5 Å². The number of fused-ring (bicyclic) bond motifs is 1. The SMILES string of the molecule is CCC(C)NC(=O)c1ccc(NC(=O)CCN(CCNc2cc(C)nc3ccc(I)cc23)S(=O)(=O)c2ccc(OC)cc2)c(OC)c1. The fraction of sp³-hybridized carbons (Fsp3) is 0.324. The average molecular weight is 774 g/mol. The van der Waals surface area contributed by atoms with Crippen LogP contribution in [0.4, 0.5) is 11.4 Å². The highest BCUT2D eigenvalue weighted by Crippen LogP contribution is 2.27. The number of rotatable bonds is 15. The van der Waals surface area contributed by atoms with Crippen LogP contribution in [0.15, 0.2) is 71.6 Å². The van der Waals surface area contributed by atoms with Crippen molar-refractivity contribution >= 4 is 66.7 Å². The lowest BCUT2D eigenvalue weighted by Crippen LogP contribution is -2.37. The number of benzene rings is 3. The maximum Gasteiger partial charge on any atom is 0.251 e. The third-order valence-electron chi connectivity index (χ3n) is 7.59. The second-order valence-electron chi connectivity index (χ2n) is 11.0. The number of amides is 2. The van der Waals surface area contributed by atoms with Crippen molar-refractivity contribution in [2.45, 2.75) is 44.6 Å². The largest absolute Gasteiger partial charge is 0.497 e. The molecule has 0 aliphatic heterocycles. The average Bonchev–Trinajstić information content (AvgIpc) is 3.06. The predicted octanol–water partition coefficient (Wildman–Crippen LogP) is 5.82. The third-order valence-corrected chi connectivity index (χ3v) is 10.2. The third kappa shape index (κ3) is 9.32. The van der Waals surface area contributed by atoms with Gasteiger partial charge in [-0.25, -0.2) is 8.42 Å². The Bertz CT molecular complexity index is 1840. The van der Waals surface area contributed by atoms with Gasteiger partial charge >= 0.3 is 0 Å². The molecule has 4 aromatic rings. The minimum atomic E-state index is -3.97. The summed E-state index contributed by atoms with van der Waals surface area (Å²) in [5.41, 5.74) is 3.29. The number of hydrogen-bond acceptors (Lipinski definition) is 8. The van der Waals surface area contributed by atoms with Gasteiger partial charge < -0.3 is 25.4 Å². The Morgan fingerprint density at radius 3 is 2.38 bits per heavy atom. The first-order chi connectivity index (χ1) is 22.4. The molecule has 2 amide bonds. The molecule has 1 aromatic heterocycles. The van der Waals surface area contributed by atoms with E-state index in [-0.39, 0.29) is 42.9 Å². The fourth-order valence-corrected chi connectivity index (χ4v) is 6.76. The molecule has 250 valence electrons. The number of nitrogens with one attached hydrogen (secondary N) is 3. The summed E-state index contributed by atoms with van der Waals surface area (Å²) in [4.78, 5) is 30.4. The van der Waals surface area contributed by atoms with Crippen LogP contribution in [-0.2, 0) is 14.8 Å². The van der Waals surface area contributed by atoms with E-state index in [1.807, 2.05) is 45.0 Å². The van der Waals surface area contributed by atoms with Gasteiger partial charge in [0.05, 0.1) is 30.3 Å². The quantitative estimate of drug-likeness (QED) is 0.129. The van der Waals surface area contributed by atoms with Gasteiger partial charge in [-0.1, -0.05) is 6.92 Å². The van der Waals surface area contributed by atoms with E-state index in [0.717, 1.165) is 32.3 Å². The molecule has 3 aromatic carbocycles. The Labute approximate surface area is 289 Å². The van der Waals surface area contributed by atoms with Gasteiger partial charge in [-0.3, -0.25) is 14.6 Å². The molecule has 4 rings (SSSR count). The zero-order valence-electron chi connectivity index (χ0n) is 27.1. The van der Waals surface area contributed by atoms with Crippen LogP contribution in [0.2, 0.25) is 0 Å². The van der Waals surface area contributed by atoms with Crippen LogP contribution in [0, 0.1) is 10.5 Å². The molecule has 0 radical (unpaired) electrons. The molecular weight excluding hydrogens is 733 g/mol. The van der Waals surface area contributed by atoms with Crippen molar-refractivity contribution in [2.75, 3.05) is 44.5 Å². The Morgan fingerprint density at radius 1 is 0.957 bits per heavy atom. The Hall–Kier alpha value is -3.95. The van der Waals surface area contributed by atoms with Crippen molar-refractivity contribution in [3.05, 3.63) is 81.6 Å². The summed E-state index contributed by atoms with van der Waals surface area (Å²) in [6.07, 6.45) is 0.669. The lowest BCUT2D eigenvalue weighted by Gasteiger charge is -2.23. The van der Waals surface area contributed by atoms with E-state index in [4.69, 9.17) is 9.47 Å². The second kappa shape index (κ2) is 16.2. The monoisotopic (exact) mass is 773 g/mol. The lowest BCUT2D eigenvalue weighted by atomic mass is 10.1. The van der Waals surface area contributed by atoms with Gasteiger partial charge in [0.2, 0.25) is 15.9 Å². The fourth-order valence-electron chi connectivity index (χ4n) is 4.82. The maximum absolute atomic E-state index is 13.8. The summed E-state index contributed by atoms with van der Waals surface area (Å²) in [5.74, 6) is 0.196. The predicted molar refractivity (Wildman–Crippen MR) is 193 cm³/mol. The summed E-state index contributed by atoms with van der Waals surface area (Å²) in [7, 11) is -1.01. The van der Waals surface area contributed by atoms with Crippen LogP contribution in [0.3, 0.4) is 0 Å². The topological polar surface area (TPSA) is 139 Å². The zero-order valence-corrected chi connectivity index (χ0v) is 30.1. The van der Waals surface area contributed by atoms with Crippen molar-refractivity contribution in [3.63, 3.8) is 0 Å². The number of anilines is 2. The number of aryl methyl sites for hydroxylation is 1. The lowest BCUT2D eigenvalue weighted by molar-refractivity contribution is -0.116. The molecular formula is C34H40IN5O6S. The van der Waals surface area contributed by atoms with Crippen LogP contribution in [0.25, 0.3) is 10.9 Å². The van der Waals surface area contributed by atoms with Gasteiger partial charge in [0.15, 0.2) is 0 Å². The van der Waals surface area contributed by atoms with Gasteiger partial charge in [0, 0.05) is 58.0 Å². The molecule has 0 bridgehead atoms. The van der Waals surface area contributed by atoms with E-state index in [1.165, 1.54) is 30.7 Å². The molecule has 0 aliphatic rings. The number of hydrogen-bond donors (Lipinski definition) is 3. The first kappa shape index (κ1) is 35.9. The smallest absolute Gasteiger partial charge is 0.251 e. The molecule has 13 heteroatoms. The van der Waals surface area contributed by atoms with E-state index >= 15 is 0 Å². The van der Waals surface area contributed by atoms with Crippen molar-refractivity contribution < 1.29 is 27.5 Å². The van der Waals surface area contributed by atoms with Crippen LogP contribution < -0.4 is 25.4 Å². The summed E-state index contributed by atoms with van der Waals surface area (Å²) < 4.78 is 40.6. The number of pyridine rings is 1. The normalized spacial score (nSPS) is 12.1. The molecule has 3 N–H and O–H groups in total. The van der Waals surface area contributed by atoms with Gasteiger partial charge in [-0.2, -0.15) is 4.31 Å². The van der Waals surface area contributed by atoms with E-state index in [0.29, 0.717) is 22.7 Å². The van der Waals surface area contributed by atoms with E-state index in [1.54, 1.807) is 30.3 Å². The Kier molecular flexibility index (Phi) is 12.4. The molecule has 0 saturated carbocycles. The standard InChI is InChI=1S/C34H40IN5O6S/c1-6-22(2)38-34(42)24-7-13-30(32(20-24)46-5)39-33(41)15-17-40(47(43,44)27-11-9-26(45-4)10-12-27)18-16-36-31-19-23(3)37-29-14-8-25(35)21-28(29)31/h7-14,19-22H,6,15-18H2,1-5H3,(H,36,37)(H,38,42)(H,39,41). The van der Waals surface area contributed by atoms with Crippen molar-refractivity contribution in [1.82, 2.24) is 14.6 Å². The minimum absolute atomic E-state index is 0.0113. The highest BCUT2D eigenvalue weighted by Gasteiger charge is 2.25. The summed E-state index contributed by atoms with van der Waals surface area (Å²) in [5, 5.41) is 10.0. The number of carbonyl (C=O) groups excluding carboxylic acids is 2. The molecule has 0 spiro atoms. The summed E-state index contributed by atoms with van der Waals surface area (Å²) >= 11 is 2.25. The van der Waals surface area contributed by atoms with Crippen molar-refractivity contribution in [2.24, 2.45) is 0 Å². The van der Waals surface area contributed by atoms with E-state index in [9.17, 15) is 18.0 Å². The van der Waals surface area contributed by atoms with Gasteiger partial charge in [0.25, 0.3) is 5.91 Å². The van der Waals surface area contributed by atoms with Crippen molar-refractivity contribution in [1.29, 1.82) is 0 Å². The maximum atomic E-state index is 13.8. The number of halogens is 1. The van der Waals surface area contributed by atoms with Gasteiger partial charge in [-0.15, -0.1) is 0 Å². The molecule has 0 saturated heterocycles. The highest BCUT2D eigenvalue weighted by molar-refractivity contribution is 14.1. The Morgan fingerprint density at radius 2 is 1.70 bits per heavy atom. The number of aromatic nitrogens is 1. The highest BCUT2D eigenvalue weighted by atomic mass is 127. The minimum Gasteiger partial charge on any atom is -0.497 e. The molecule has 1 atom stereocenters. The van der Waals surface area contributed by atoms with Crippen LogP contribution in [0.1, 0.15) is 42.7 Å². The number of methoxy groups -OCH3 is 2. The summed E-state index contributed by atoms with van der Waals surface area (Å²) in [6, 6.07) is 18.8. The summed E-state index contributed by atoms with van der Waals surface area (Å²) in [6.45, 7) is 6.11. The number of nitrogens with zero attached hydrogens (tertiary/aromatic N) is 2. The zero-order chi connectivity index (χ0) is 34.1. The number of sulfonamides is 1. The van der Waals surface area contributed by atoms with E-state index < -0.39 is 15.9 Å². The number of ether oxygens (including phenoxy) is 2.